The molecular weight excluding hydrogens is 248 g/mol. The average molecular weight is 268 g/mol. The van der Waals surface area contributed by atoms with E-state index >= 15 is 0 Å². The number of esters is 1. The van der Waals surface area contributed by atoms with Gasteiger partial charge in [-0.1, -0.05) is 0 Å². The van der Waals surface area contributed by atoms with E-state index in [0.29, 0.717) is 23.7 Å². The second-order valence-corrected chi connectivity index (χ2v) is 4.12. The summed E-state index contributed by atoms with van der Waals surface area (Å²) < 4.78 is 20.6. The molecule has 0 aromatic heterocycles. The fraction of sp³-hybridized carbons (Fsp3) is 0.500. The zero-order valence-corrected chi connectivity index (χ0v) is 11.8. The fourth-order valence-corrected chi connectivity index (χ4v) is 1.46. The van der Waals surface area contributed by atoms with Gasteiger partial charge in [0.25, 0.3) is 0 Å². The van der Waals surface area contributed by atoms with E-state index in [0.717, 1.165) is 0 Å². The van der Waals surface area contributed by atoms with E-state index in [2.05, 4.69) is 0 Å². The van der Waals surface area contributed by atoms with Gasteiger partial charge < -0.3 is 18.9 Å². The summed E-state index contributed by atoms with van der Waals surface area (Å²) in [5.74, 6) is 0.609. The van der Waals surface area contributed by atoms with Crippen LogP contribution in [-0.4, -0.2) is 39.5 Å². The highest BCUT2D eigenvalue weighted by Crippen LogP contribution is 2.25. The molecule has 1 rings (SSSR count). The van der Waals surface area contributed by atoms with Crippen molar-refractivity contribution in [1.82, 2.24) is 0 Å². The number of hydrogen-bond acceptors (Lipinski definition) is 5. The maximum atomic E-state index is 11.9. The molecule has 0 N–H and O–H groups in total. The maximum Gasteiger partial charge on any atom is 0.342 e. The zero-order chi connectivity index (χ0) is 14.3. The average Bonchev–Trinajstić information content (AvgIpc) is 2.42. The third kappa shape index (κ3) is 4.79. The summed E-state index contributed by atoms with van der Waals surface area (Å²) in [4.78, 5) is 11.9. The standard InChI is InChI=1S/C14H20O5/c1-10(2)18-7-8-19-14(15)12-6-5-11(16-3)9-13(12)17-4/h5-6,9-10H,7-8H2,1-4H3. The van der Waals surface area contributed by atoms with Crippen molar-refractivity contribution in [3.63, 3.8) is 0 Å². The molecule has 0 aliphatic rings. The quantitative estimate of drug-likeness (QED) is 0.561. The Morgan fingerprint density at radius 1 is 1.16 bits per heavy atom. The summed E-state index contributed by atoms with van der Waals surface area (Å²) >= 11 is 0. The van der Waals surface area contributed by atoms with E-state index in [-0.39, 0.29) is 12.7 Å². The molecule has 19 heavy (non-hydrogen) atoms. The lowest BCUT2D eigenvalue weighted by atomic mass is 10.2. The lowest BCUT2D eigenvalue weighted by Gasteiger charge is -2.11. The Bertz CT molecular complexity index is 414. The molecule has 1 aromatic carbocycles. The van der Waals surface area contributed by atoms with Gasteiger partial charge in [0.2, 0.25) is 0 Å². The maximum absolute atomic E-state index is 11.9. The number of ether oxygens (including phenoxy) is 4. The molecule has 106 valence electrons. The Hall–Kier alpha value is -1.75. The molecule has 5 heteroatoms. The predicted octanol–water partition coefficient (Wildman–Crippen LogP) is 2.29. The summed E-state index contributed by atoms with van der Waals surface area (Å²) in [5.41, 5.74) is 0.368. The molecule has 0 saturated heterocycles. The molecule has 1 aromatic rings. The van der Waals surface area contributed by atoms with E-state index in [1.807, 2.05) is 13.8 Å². The highest BCUT2D eigenvalue weighted by atomic mass is 16.6. The first kappa shape index (κ1) is 15.3. The normalized spacial score (nSPS) is 10.4. The number of rotatable bonds is 7. The van der Waals surface area contributed by atoms with E-state index in [9.17, 15) is 4.79 Å². The van der Waals surface area contributed by atoms with Gasteiger partial charge >= 0.3 is 5.97 Å². The minimum atomic E-state index is -0.438. The van der Waals surface area contributed by atoms with Gasteiger partial charge in [0.05, 0.1) is 26.9 Å². The van der Waals surface area contributed by atoms with Crippen LogP contribution in [0.1, 0.15) is 24.2 Å². The Kier molecular flexibility index (Phi) is 6.15. The number of methoxy groups -OCH3 is 2. The molecule has 0 unspecified atom stereocenters. The van der Waals surface area contributed by atoms with Crippen molar-refractivity contribution in [3.05, 3.63) is 23.8 Å². The van der Waals surface area contributed by atoms with Gasteiger partial charge in [0.15, 0.2) is 0 Å². The first-order valence-electron chi connectivity index (χ1n) is 6.09. The summed E-state index contributed by atoms with van der Waals surface area (Å²) in [7, 11) is 3.05. The van der Waals surface area contributed by atoms with Gasteiger partial charge in [-0.05, 0) is 26.0 Å². The minimum Gasteiger partial charge on any atom is -0.497 e. The van der Waals surface area contributed by atoms with Gasteiger partial charge in [-0.25, -0.2) is 4.79 Å². The molecular formula is C14H20O5. The van der Waals surface area contributed by atoms with Crippen molar-refractivity contribution < 1.29 is 23.7 Å². The summed E-state index contributed by atoms with van der Waals surface area (Å²) in [6.07, 6.45) is 0.120. The Morgan fingerprint density at radius 3 is 2.47 bits per heavy atom. The summed E-state index contributed by atoms with van der Waals surface area (Å²) in [6.45, 7) is 4.44. The van der Waals surface area contributed by atoms with Crippen LogP contribution in [0, 0.1) is 0 Å². The lowest BCUT2D eigenvalue weighted by Crippen LogP contribution is -2.14. The first-order chi connectivity index (χ1) is 9.08. The Morgan fingerprint density at radius 2 is 1.89 bits per heavy atom. The topological polar surface area (TPSA) is 54.0 Å². The van der Waals surface area contributed by atoms with Crippen molar-refractivity contribution >= 4 is 5.97 Å². The predicted molar refractivity (Wildman–Crippen MR) is 70.9 cm³/mol. The Labute approximate surface area is 113 Å². The summed E-state index contributed by atoms with van der Waals surface area (Å²) in [5, 5.41) is 0. The largest absolute Gasteiger partial charge is 0.497 e. The van der Waals surface area contributed by atoms with Crippen LogP contribution in [0.4, 0.5) is 0 Å². The van der Waals surface area contributed by atoms with Crippen LogP contribution in [0.5, 0.6) is 11.5 Å². The number of hydrogen-bond donors (Lipinski definition) is 0. The molecule has 0 bridgehead atoms. The highest BCUT2D eigenvalue weighted by Gasteiger charge is 2.14. The number of carbonyl (C=O) groups is 1. The Balaban J connectivity index is 2.61. The van der Waals surface area contributed by atoms with Crippen LogP contribution in [0.15, 0.2) is 18.2 Å². The van der Waals surface area contributed by atoms with E-state index in [1.165, 1.54) is 7.11 Å². The van der Waals surface area contributed by atoms with Crippen LogP contribution in [-0.2, 0) is 9.47 Å². The molecule has 0 radical (unpaired) electrons. The lowest BCUT2D eigenvalue weighted by molar-refractivity contribution is 0.0175. The van der Waals surface area contributed by atoms with Gasteiger partial charge in [-0.2, -0.15) is 0 Å². The molecule has 0 spiro atoms. The monoisotopic (exact) mass is 268 g/mol. The SMILES string of the molecule is COc1ccc(C(=O)OCCOC(C)C)c(OC)c1. The molecule has 0 aliphatic heterocycles. The smallest absolute Gasteiger partial charge is 0.342 e. The van der Waals surface area contributed by atoms with E-state index < -0.39 is 5.97 Å². The molecule has 0 fully saturated rings. The fourth-order valence-electron chi connectivity index (χ4n) is 1.46. The van der Waals surface area contributed by atoms with Crippen molar-refractivity contribution in [3.8, 4) is 11.5 Å². The van der Waals surface area contributed by atoms with Crippen LogP contribution >= 0.6 is 0 Å². The van der Waals surface area contributed by atoms with Crippen LogP contribution in [0.2, 0.25) is 0 Å². The molecule has 0 saturated carbocycles. The zero-order valence-electron chi connectivity index (χ0n) is 11.8. The van der Waals surface area contributed by atoms with Crippen molar-refractivity contribution in [2.75, 3.05) is 27.4 Å². The molecule has 0 atom stereocenters. The number of benzene rings is 1. The van der Waals surface area contributed by atoms with E-state index in [4.69, 9.17) is 18.9 Å². The summed E-state index contributed by atoms with van der Waals surface area (Å²) in [6, 6.07) is 4.94. The van der Waals surface area contributed by atoms with Gasteiger partial charge in [0.1, 0.15) is 23.7 Å². The van der Waals surface area contributed by atoms with Gasteiger partial charge in [-0.3, -0.25) is 0 Å². The van der Waals surface area contributed by atoms with Crippen LogP contribution in [0.3, 0.4) is 0 Å². The van der Waals surface area contributed by atoms with Gasteiger partial charge in [-0.15, -0.1) is 0 Å². The molecule has 0 aliphatic carbocycles. The highest BCUT2D eigenvalue weighted by molar-refractivity contribution is 5.92. The number of carbonyl (C=O) groups excluding carboxylic acids is 1. The van der Waals surface area contributed by atoms with Crippen LogP contribution in [0.25, 0.3) is 0 Å². The third-order valence-corrected chi connectivity index (χ3v) is 2.40. The molecule has 0 amide bonds. The van der Waals surface area contributed by atoms with Crippen LogP contribution < -0.4 is 9.47 Å². The minimum absolute atomic E-state index is 0.120. The van der Waals surface area contributed by atoms with Crippen molar-refractivity contribution in [2.45, 2.75) is 20.0 Å². The second kappa shape index (κ2) is 7.63. The molecule has 5 nitrogen and oxygen atoms in total. The van der Waals surface area contributed by atoms with Crippen molar-refractivity contribution in [2.24, 2.45) is 0 Å². The first-order valence-corrected chi connectivity index (χ1v) is 6.09. The van der Waals surface area contributed by atoms with Crippen molar-refractivity contribution in [1.29, 1.82) is 0 Å². The van der Waals surface area contributed by atoms with Gasteiger partial charge in [0, 0.05) is 6.07 Å². The van der Waals surface area contributed by atoms with E-state index in [1.54, 1.807) is 25.3 Å². The second-order valence-electron chi connectivity index (χ2n) is 4.12. The molecule has 0 heterocycles. The third-order valence-electron chi connectivity index (χ3n) is 2.40.